The maximum Gasteiger partial charge on any atom is 0.238 e. The summed E-state index contributed by atoms with van der Waals surface area (Å²) in [4.78, 5) is 17.0. The van der Waals surface area contributed by atoms with Crippen molar-refractivity contribution in [2.45, 2.75) is 6.54 Å². The minimum Gasteiger partial charge on any atom is -0.497 e. The number of carbonyl (C=O) groups excluding carboxylic acids is 1. The van der Waals surface area contributed by atoms with Gasteiger partial charge in [0.25, 0.3) is 0 Å². The van der Waals surface area contributed by atoms with E-state index in [0.29, 0.717) is 23.7 Å². The SMILES string of the molecule is COc1ccc(OC)c(NC(=O)CN2CCN(Cc3ccccc3Cl)CC2)c1. The van der Waals surface area contributed by atoms with Crippen LogP contribution in [-0.2, 0) is 11.3 Å². The van der Waals surface area contributed by atoms with Crippen LogP contribution in [-0.4, -0.2) is 62.7 Å². The molecule has 7 heteroatoms. The molecule has 1 saturated heterocycles. The van der Waals surface area contributed by atoms with Gasteiger partial charge in [-0.1, -0.05) is 29.8 Å². The molecule has 0 unspecified atom stereocenters. The standard InChI is InChI=1S/C21H26ClN3O3/c1-27-17-7-8-20(28-2)19(13-17)23-21(26)15-25-11-9-24(10-12-25)14-16-5-3-4-6-18(16)22/h3-8,13H,9-12,14-15H2,1-2H3,(H,23,26). The van der Waals surface area contributed by atoms with Gasteiger partial charge in [-0.15, -0.1) is 0 Å². The Labute approximate surface area is 171 Å². The van der Waals surface area contributed by atoms with Gasteiger partial charge in [-0.05, 0) is 23.8 Å². The van der Waals surface area contributed by atoms with Crippen molar-refractivity contribution in [2.75, 3.05) is 52.3 Å². The van der Waals surface area contributed by atoms with Crippen molar-refractivity contribution in [1.29, 1.82) is 0 Å². The summed E-state index contributed by atoms with van der Waals surface area (Å²) in [6, 6.07) is 13.3. The van der Waals surface area contributed by atoms with E-state index in [1.165, 1.54) is 0 Å². The van der Waals surface area contributed by atoms with Crippen LogP contribution in [0.3, 0.4) is 0 Å². The molecular formula is C21H26ClN3O3. The van der Waals surface area contributed by atoms with E-state index >= 15 is 0 Å². The molecule has 1 fully saturated rings. The lowest BCUT2D eigenvalue weighted by molar-refractivity contribution is -0.117. The lowest BCUT2D eigenvalue weighted by atomic mass is 10.2. The van der Waals surface area contributed by atoms with Crippen LogP contribution in [0.1, 0.15) is 5.56 Å². The molecule has 150 valence electrons. The van der Waals surface area contributed by atoms with Crippen LogP contribution < -0.4 is 14.8 Å². The zero-order valence-electron chi connectivity index (χ0n) is 16.3. The van der Waals surface area contributed by atoms with Crippen molar-refractivity contribution in [2.24, 2.45) is 0 Å². The van der Waals surface area contributed by atoms with Crippen molar-refractivity contribution >= 4 is 23.2 Å². The molecule has 1 aliphatic heterocycles. The molecule has 1 aliphatic rings. The van der Waals surface area contributed by atoms with Crippen LogP contribution in [0.15, 0.2) is 42.5 Å². The number of nitrogens with one attached hydrogen (secondary N) is 1. The summed E-state index contributed by atoms with van der Waals surface area (Å²) >= 11 is 6.26. The highest BCUT2D eigenvalue weighted by atomic mass is 35.5. The summed E-state index contributed by atoms with van der Waals surface area (Å²) in [5, 5.41) is 3.73. The van der Waals surface area contributed by atoms with Gasteiger partial charge in [-0.25, -0.2) is 0 Å². The minimum absolute atomic E-state index is 0.0638. The van der Waals surface area contributed by atoms with Crippen LogP contribution in [0.5, 0.6) is 11.5 Å². The predicted octanol–water partition coefficient (Wildman–Crippen LogP) is 3.11. The number of benzene rings is 2. The van der Waals surface area contributed by atoms with Crippen molar-refractivity contribution in [1.82, 2.24) is 9.80 Å². The van der Waals surface area contributed by atoms with Gasteiger partial charge in [0, 0.05) is 43.8 Å². The lowest BCUT2D eigenvalue weighted by Gasteiger charge is -2.34. The Bertz CT molecular complexity index is 807. The third kappa shape index (κ3) is 5.38. The van der Waals surface area contributed by atoms with Crippen LogP contribution in [0.25, 0.3) is 0 Å². The maximum absolute atomic E-state index is 12.5. The highest BCUT2D eigenvalue weighted by Crippen LogP contribution is 2.28. The second-order valence-corrected chi connectivity index (χ2v) is 7.17. The Balaban J connectivity index is 1.49. The smallest absolute Gasteiger partial charge is 0.238 e. The third-order valence-electron chi connectivity index (χ3n) is 4.86. The van der Waals surface area contributed by atoms with Crippen molar-refractivity contribution in [3.8, 4) is 11.5 Å². The normalized spacial score (nSPS) is 15.2. The molecule has 1 heterocycles. The summed E-state index contributed by atoms with van der Waals surface area (Å²) in [5.41, 5.74) is 1.75. The lowest BCUT2D eigenvalue weighted by Crippen LogP contribution is -2.48. The zero-order chi connectivity index (χ0) is 19.9. The van der Waals surface area contributed by atoms with E-state index in [1.54, 1.807) is 32.4 Å². The molecule has 2 aromatic rings. The highest BCUT2D eigenvalue weighted by Gasteiger charge is 2.20. The van der Waals surface area contributed by atoms with Crippen LogP contribution in [0, 0.1) is 0 Å². The molecular weight excluding hydrogens is 378 g/mol. The largest absolute Gasteiger partial charge is 0.497 e. The average molecular weight is 404 g/mol. The molecule has 6 nitrogen and oxygen atoms in total. The summed E-state index contributed by atoms with van der Waals surface area (Å²) in [6.07, 6.45) is 0. The minimum atomic E-state index is -0.0638. The fourth-order valence-electron chi connectivity index (χ4n) is 3.28. The van der Waals surface area contributed by atoms with E-state index in [0.717, 1.165) is 43.3 Å². The Morgan fingerprint density at radius 3 is 2.43 bits per heavy atom. The second-order valence-electron chi connectivity index (χ2n) is 6.76. The van der Waals surface area contributed by atoms with Crippen molar-refractivity contribution in [3.63, 3.8) is 0 Å². The quantitative estimate of drug-likeness (QED) is 0.769. The van der Waals surface area contributed by atoms with E-state index in [2.05, 4.69) is 21.2 Å². The van der Waals surface area contributed by atoms with Crippen molar-refractivity contribution < 1.29 is 14.3 Å². The zero-order valence-corrected chi connectivity index (χ0v) is 17.0. The van der Waals surface area contributed by atoms with Crippen LogP contribution in [0.2, 0.25) is 5.02 Å². The first-order valence-corrected chi connectivity index (χ1v) is 9.67. The van der Waals surface area contributed by atoms with Gasteiger partial charge < -0.3 is 14.8 Å². The molecule has 0 atom stereocenters. The molecule has 0 spiro atoms. The van der Waals surface area contributed by atoms with Gasteiger partial charge in [0.1, 0.15) is 11.5 Å². The molecule has 2 aromatic carbocycles. The number of nitrogens with zero attached hydrogens (tertiary/aromatic N) is 2. The van der Waals surface area contributed by atoms with E-state index < -0.39 is 0 Å². The summed E-state index contributed by atoms with van der Waals surface area (Å²) in [5.74, 6) is 1.22. The third-order valence-corrected chi connectivity index (χ3v) is 5.23. The van der Waals surface area contributed by atoms with Gasteiger partial charge in [0.2, 0.25) is 5.91 Å². The van der Waals surface area contributed by atoms with E-state index in [1.807, 2.05) is 18.2 Å². The average Bonchev–Trinajstić information content (AvgIpc) is 2.71. The molecule has 1 N–H and O–H groups in total. The van der Waals surface area contributed by atoms with Gasteiger partial charge in [-0.2, -0.15) is 0 Å². The monoisotopic (exact) mass is 403 g/mol. The Morgan fingerprint density at radius 2 is 1.75 bits per heavy atom. The number of amides is 1. The number of hydrogen-bond acceptors (Lipinski definition) is 5. The highest BCUT2D eigenvalue weighted by molar-refractivity contribution is 6.31. The topological polar surface area (TPSA) is 54.0 Å². The van der Waals surface area contributed by atoms with E-state index in [4.69, 9.17) is 21.1 Å². The Morgan fingerprint density at radius 1 is 1.04 bits per heavy atom. The van der Waals surface area contributed by atoms with E-state index in [9.17, 15) is 4.79 Å². The first-order chi connectivity index (χ1) is 13.6. The molecule has 0 bridgehead atoms. The van der Waals surface area contributed by atoms with E-state index in [-0.39, 0.29) is 5.91 Å². The molecule has 3 rings (SSSR count). The Hall–Kier alpha value is -2.28. The molecule has 1 amide bonds. The predicted molar refractivity (Wildman–Crippen MR) is 111 cm³/mol. The molecule has 28 heavy (non-hydrogen) atoms. The number of carbonyl (C=O) groups is 1. The fraction of sp³-hybridized carbons (Fsp3) is 0.381. The number of halogens is 1. The van der Waals surface area contributed by atoms with Gasteiger partial charge >= 0.3 is 0 Å². The van der Waals surface area contributed by atoms with Crippen LogP contribution >= 0.6 is 11.6 Å². The first-order valence-electron chi connectivity index (χ1n) is 9.29. The number of piperazine rings is 1. The van der Waals surface area contributed by atoms with Crippen molar-refractivity contribution in [3.05, 3.63) is 53.1 Å². The van der Waals surface area contributed by atoms with Gasteiger partial charge in [0.15, 0.2) is 0 Å². The first kappa shape index (κ1) is 20.5. The van der Waals surface area contributed by atoms with Crippen LogP contribution in [0.4, 0.5) is 5.69 Å². The molecule has 0 aliphatic carbocycles. The summed E-state index contributed by atoms with van der Waals surface area (Å²) < 4.78 is 10.5. The summed E-state index contributed by atoms with van der Waals surface area (Å²) in [7, 11) is 3.17. The molecule has 0 radical (unpaired) electrons. The number of ether oxygens (including phenoxy) is 2. The second kappa shape index (κ2) is 9.78. The summed E-state index contributed by atoms with van der Waals surface area (Å²) in [6.45, 7) is 4.67. The maximum atomic E-state index is 12.5. The number of methoxy groups -OCH3 is 2. The number of hydrogen-bond donors (Lipinski definition) is 1. The fourth-order valence-corrected chi connectivity index (χ4v) is 3.47. The molecule has 0 aromatic heterocycles. The molecule has 0 saturated carbocycles. The van der Waals surface area contributed by atoms with Gasteiger partial charge in [-0.3, -0.25) is 14.6 Å². The number of anilines is 1. The number of rotatable bonds is 7. The Kier molecular flexibility index (Phi) is 7.14. The van der Waals surface area contributed by atoms with Gasteiger partial charge in [0.05, 0.1) is 26.5 Å².